The summed E-state index contributed by atoms with van der Waals surface area (Å²) in [6.45, 7) is 5.33. The average Bonchev–Trinajstić information content (AvgIpc) is 2.12. The quantitative estimate of drug-likeness (QED) is 0.549. The molecule has 0 aliphatic heterocycles. The standard InChI is InChI=1S/C11H11F3O2/c1-6-4-9(5-7(2)8(6)3)16-10(15)11(12,13)14/h4-5H,1-3H3. The van der Waals surface area contributed by atoms with Crippen LogP contribution in [0.15, 0.2) is 12.1 Å². The number of halogens is 3. The van der Waals surface area contributed by atoms with Crippen LogP contribution in [0.4, 0.5) is 13.2 Å². The summed E-state index contributed by atoms with van der Waals surface area (Å²) in [5.41, 5.74) is 2.53. The molecule has 0 saturated carbocycles. The van der Waals surface area contributed by atoms with Crippen LogP contribution < -0.4 is 4.74 Å². The molecule has 0 aliphatic carbocycles. The van der Waals surface area contributed by atoms with E-state index in [1.54, 1.807) is 13.8 Å². The van der Waals surface area contributed by atoms with Gasteiger partial charge in [0.25, 0.3) is 0 Å². The van der Waals surface area contributed by atoms with E-state index < -0.39 is 12.1 Å². The molecule has 0 N–H and O–H groups in total. The third kappa shape index (κ3) is 2.74. The molecule has 1 aromatic carbocycles. The van der Waals surface area contributed by atoms with Crippen molar-refractivity contribution in [3.8, 4) is 5.75 Å². The largest absolute Gasteiger partial charge is 0.491 e. The zero-order valence-corrected chi connectivity index (χ0v) is 9.11. The molecule has 0 atom stereocenters. The van der Waals surface area contributed by atoms with Gasteiger partial charge in [0, 0.05) is 0 Å². The topological polar surface area (TPSA) is 26.3 Å². The molecule has 1 rings (SSSR count). The molecular formula is C11H11F3O2. The van der Waals surface area contributed by atoms with Gasteiger partial charge in [0.05, 0.1) is 0 Å². The average molecular weight is 232 g/mol. The first-order chi connectivity index (χ1) is 7.21. The molecule has 16 heavy (non-hydrogen) atoms. The Morgan fingerprint density at radius 2 is 1.56 bits per heavy atom. The molecule has 0 aromatic heterocycles. The zero-order valence-electron chi connectivity index (χ0n) is 9.11. The minimum atomic E-state index is -4.97. The van der Waals surface area contributed by atoms with Crippen LogP contribution in [0.25, 0.3) is 0 Å². The van der Waals surface area contributed by atoms with Gasteiger partial charge in [-0.05, 0) is 49.6 Å². The summed E-state index contributed by atoms with van der Waals surface area (Å²) in [5.74, 6) is -2.28. The third-order valence-electron chi connectivity index (χ3n) is 2.34. The molecule has 0 amide bonds. The monoisotopic (exact) mass is 232 g/mol. The smallest absolute Gasteiger partial charge is 0.420 e. The van der Waals surface area contributed by atoms with Crippen LogP contribution in [0, 0.1) is 20.8 Å². The molecule has 88 valence electrons. The van der Waals surface area contributed by atoms with Gasteiger partial charge in [-0.2, -0.15) is 13.2 Å². The van der Waals surface area contributed by atoms with Gasteiger partial charge in [-0.25, -0.2) is 4.79 Å². The van der Waals surface area contributed by atoms with Gasteiger partial charge in [0.15, 0.2) is 0 Å². The van der Waals surface area contributed by atoms with E-state index in [0.29, 0.717) is 0 Å². The molecule has 0 fully saturated rings. The lowest BCUT2D eigenvalue weighted by molar-refractivity contribution is -0.189. The van der Waals surface area contributed by atoms with Crippen LogP contribution in [-0.4, -0.2) is 12.1 Å². The van der Waals surface area contributed by atoms with Crippen LogP contribution in [0.2, 0.25) is 0 Å². The van der Waals surface area contributed by atoms with E-state index in [1.165, 1.54) is 12.1 Å². The normalized spacial score (nSPS) is 11.4. The molecule has 0 saturated heterocycles. The minimum absolute atomic E-state index is 0.0806. The Balaban J connectivity index is 2.96. The van der Waals surface area contributed by atoms with Crippen LogP contribution >= 0.6 is 0 Å². The van der Waals surface area contributed by atoms with Crippen molar-refractivity contribution in [3.05, 3.63) is 28.8 Å². The van der Waals surface area contributed by atoms with E-state index in [9.17, 15) is 18.0 Å². The maximum atomic E-state index is 11.9. The number of ether oxygens (including phenoxy) is 1. The van der Waals surface area contributed by atoms with Gasteiger partial charge >= 0.3 is 12.1 Å². The van der Waals surface area contributed by atoms with E-state index in [0.717, 1.165) is 16.7 Å². The summed E-state index contributed by atoms with van der Waals surface area (Å²) >= 11 is 0. The number of carbonyl (C=O) groups is 1. The molecule has 0 bridgehead atoms. The first-order valence-corrected chi connectivity index (χ1v) is 4.58. The molecule has 2 nitrogen and oxygen atoms in total. The number of carbonyl (C=O) groups excluding carboxylic acids is 1. The van der Waals surface area contributed by atoms with Gasteiger partial charge in [-0.3, -0.25) is 0 Å². The fraction of sp³-hybridized carbons (Fsp3) is 0.364. The van der Waals surface area contributed by atoms with Gasteiger partial charge in [0.1, 0.15) is 5.75 Å². The van der Waals surface area contributed by atoms with E-state index in [1.807, 2.05) is 6.92 Å². The summed E-state index contributed by atoms with van der Waals surface area (Å²) in [5, 5.41) is 0. The summed E-state index contributed by atoms with van der Waals surface area (Å²) in [7, 11) is 0. The predicted octanol–water partition coefficient (Wildman–Crippen LogP) is 3.08. The first kappa shape index (κ1) is 12.5. The number of benzene rings is 1. The number of hydrogen-bond donors (Lipinski definition) is 0. The molecule has 0 spiro atoms. The van der Waals surface area contributed by atoms with Crippen molar-refractivity contribution in [3.63, 3.8) is 0 Å². The van der Waals surface area contributed by atoms with Crippen molar-refractivity contribution >= 4 is 5.97 Å². The maximum absolute atomic E-state index is 11.9. The van der Waals surface area contributed by atoms with Crippen molar-refractivity contribution in [2.75, 3.05) is 0 Å². The Kier molecular flexibility index (Phi) is 3.26. The van der Waals surface area contributed by atoms with E-state index in [4.69, 9.17) is 0 Å². The highest BCUT2D eigenvalue weighted by molar-refractivity contribution is 5.78. The van der Waals surface area contributed by atoms with Crippen LogP contribution in [0.5, 0.6) is 5.75 Å². The highest BCUT2D eigenvalue weighted by atomic mass is 19.4. The fourth-order valence-electron chi connectivity index (χ4n) is 1.22. The molecule has 1 aromatic rings. The molecule has 0 unspecified atom stereocenters. The summed E-state index contributed by atoms with van der Waals surface area (Å²) < 4.78 is 40.1. The van der Waals surface area contributed by atoms with Crippen molar-refractivity contribution in [1.29, 1.82) is 0 Å². The van der Waals surface area contributed by atoms with Crippen LogP contribution in [0.3, 0.4) is 0 Å². The zero-order chi connectivity index (χ0) is 12.5. The Hall–Kier alpha value is -1.52. The van der Waals surface area contributed by atoms with Gasteiger partial charge in [-0.15, -0.1) is 0 Å². The Labute approximate surface area is 91.0 Å². The maximum Gasteiger partial charge on any atom is 0.491 e. The Bertz CT molecular complexity index is 399. The van der Waals surface area contributed by atoms with Gasteiger partial charge in [0.2, 0.25) is 0 Å². The molecule has 0 radical (unpaired) electrons. The van der Waals surface area contributed by atoms with Gasteiger partial charge < -0.3 is 4.74 Å². The minimum Gasteiger partial charge on any atom is -0.420 e. The summed E-state index contributed by atoms with van der Waals surface area (Å²) in [4.78, 5) is 10.6. The third-order valence-corrected chi connectivity index (χ3v) is 2.34. The highest BCUT2D eigenvalue weighted by Crippen LogP contribution is 2.24. The van der Waals surface area contributed by atoms with Crippen molar-refractivity contribution in [2.45, 2.75) is 26.9 Å². The van der Waals surface area contributed by atoms with E-state index >= 15 is 0 Å². The number of esters is 1. The van der Waals surface area contributed by atoms with Crippen LogP contribution in [-0.2, 0) is 4.79 Å². The second-order valence-corrected chi connectivity index (χ2v) is 3.57. The summed E-state index contributed by atoms with van der Waals surface area (Å²) in [6, 6.07) is 2.82. The van der Waals surface area contributed by atoms with E-state index in [2.05, 4.69) is 4.74 Å². The number of hydrogen-bond acceptors (Lipinski definition) is 2. The summed E-state index contributed by atoms with van der Waals surface area (Å²) in [6.07, 6.45) is -4.97. The molecule has 5 heteroatoms. The predicted molar refractivity (Wildman–Crippen MR) is 52.3 cm³/mol. The highest BCUT2D eigenvalue weighted by Gasteiger charge is 2.41. The lowest BCUT2D eigenvalue weighted by Crippen LogP contribution is -2.28. The van der Waals surface area contributed by atoms with Crippen LogP contribution in [0.1, 0.15) is 16.7 Å². The lowest BCUT2D eigenvalue weighted by atomic mass is 10.0. The van der Waals surface area contributed by atoms with E-state index in [-0.39, 0.29) is 5.75 Å². The van der Waals surface area contributed by atoms with Crippen molar-refractivity contribution in [2.24, 2.45) is 0 Å². The van der Waals surface area contributed by atoms with Gasteiger partial charge in [-0.1, -0.05) is 0 Å². The second kappa shape index (κ2) is 4.15. The number of rotatable bonds is 1. The Morgan fingerprint density at radius 1 is 1.12 bits per heavy atom. The molecular weight excluding hydrogens is 221 g/mol. The lowest BCUT2D eigenvalue weighted by Gasteiger charge is -2.10. The second-order valence-electron chi connectivity index (χ2n) is 3.57. The van der Waals surface area contributed by atoms with Crippen molar-refractivity contribution in [1.82, 2.24) is 0 Å². The molecule has 0 heterocycles. The molecule has 0 aliphatic rings. The SMILES string of the molecule is Cc1cc(OC(=O)C(F)(F)F)cc(C)c1C. The first-order valence-electron chi connectivity index (χ1n) is 4.58. The fourth-order valence-corrected chi connectivity index (χ4v) is 1.22. The number of alkyl halides is 3. The number of aryl methyl sites for hydroxylation is 2. The van der Waals surface area contributed by atoms with Crippen molar-refractivity contribution < 1.29 is 22.7 Å². The Morgan fingerprint density at radius 3 is 1.94 bits per heavy atom.